The van der Waals surface area contributed by atoms with E-state index in [4.69, 9.17) is 4.74 Å². The number of halogens is 1. The minimum atomic E-state index is 0.201. The van der Waals surface area contributed by atoms with Crippen LogP contribution in [0.3, 0.4) is 0 Å². The summed E-state index contributed by atoms with van der Waals surface area (Å²) in [4.78, 5) is 0. The van der Waals surface area contributed by atoms with Crippen molar-refractivity contribution in [2.75, 3.05) is 13.2 Å². The zero-order chi connectivity index (χ0) is 13.1. The molecule has 1 atom stereocenters. The van der Waals surface area contributed by atoms with Crippen LogP contribution in [-0.2, 0) is 4.74 Å². The Morgan fingerprint density at radius 1 is 1.16 bits per heavy atom. The molecule has 0 aliphatic heterocycles. The third-order valence-electron chi connectivity index (χ3n) is 3.95. The summed E-state index contributed by atoms with van der Waals surface area (Å²) in [7, 11) is 0. The summed E-state index contributed by atoms with van der Waals surface area (Å²) in [6.45, 7) is 1.84. The molecule has 2 nitrogen and oxygen atoms in total. The van der Waals surface area contributed by atoms with Gasteiger partial charge in [-0.2, -0.15) is 0 Å². The van der Waals surface area contributed by atoms with Gasteiger partial charge in [0.15, 0.2) is 0 Å². The SMILES string of the molecule is Brc1ccc(C(CNC2CC2)OCCC2CC2)cc1. The van der Waals surface area contributed by atoms with Crippen molar-refractivity contribution in [1.82, 2.24) is 5.32 Å². The fourth-order valence-corrected chi connectivity index (χ4v) is 2.56. The summed E-state index contributed by atoms with van der Waals surface area (Å²) in [6.07, 6.45) is 6.91. The Labute approximate surface area is 124 Å². The lowest BCUT2D eigenvalue weighted by Gasteiger charge is -2.19. The van der Waals surface area contributed by atoms with Gasteiger partial charge in [0.2, 0.25) is 0 Å². The summed E-state index contributed by atoms with van der Waals surface area (Å²) in [5.74, 6) is 0.946. The van der Waals surface area contributed by atoms with E-state index < -0.39 is 0 Å². The molecule has 0 saturated heterocycles. The van der Waals surface area contributed by atoms with Gasteiger partial charge < -0.3 is 10.1 Å². The summed E-state index contributed by atoms with van der Waals surface area (Å²) < 4.78 is 7.25. The fraction of sp³-hybridized carbons (Fsp3) is 0.625. The fourth-order valence-electron chi connectivity index (χ4n) is 2.30. The second-order valence-corrected chi connectivity index (χ2v) is 6.74. The molecule has 3 rings (SSSR count). The van der Waals surface area contributed by atoms with E-state index in [1.165, 1.54) is 37.7 Å². The van der Waals surface area contributed by atoms with Crippen LogP contribution in [0.4, 0.5) is 0 Å². The van der Waals surface area contributed by atoms with E-state index in [0.29, 0.717) is 0 Å². The average Bonchev–Trinajstić information content (AvgIpc) is 3.28. The lowest BCUT2D eigenvalue weighted by molar-refractivity contribution is 0.0483. The number of nitrogens with one attached hydrogen (secondary N) is 1. The van der Waals surface area contributed by atoms with Crippen molar-refractivity contribution in [1.29, 1.82) is 0 Å². The molecule has 0 bridgehead atoms. The van der Waals surface area contributed by atoms with Gasteiger partial charge >= 0.3 is 0 Å². The zero-order valence-corrected chi connectivity index (χ0v) is 12.9. The first-order valence-electron chi connectivity index (χ1n) is 7.42. The van der Waals surface area contributed by atoms with Crippen LogP contribution < -0.4 is 5.32 Å². The first-order chi connectivity index (χ1) is 9.31. The van der Waals surface area contributed by atoms with Crippen molar-refractivity contribution in [3.05, 3.63) is 34.3 Å². The van der Waals surface area contributed by atoms with Crippen LogP contribution in [-0.4, -0.2) is 19.2 Å². The molecule has 104 valence electrons. The topological polar surface area (TPSA) is 21.3 Å². The summed E-state index contributed by atoms with van der Waals surface area (Å²) in [5.41, 5.74) is 1.28. The van der Waals surface area contributed by atoms with Crippen LogP contribution in [0.5, 0.6) is 0 Å². The predicted molar refractivity (Wildman–Crippen MR) is 81.2 cm³/mol. The van der Waals surface area contributed by atoms with Crippen LogP contribution in [0.2, 0.25) is 0 Å². The molecule has 2 aliphatic rings. The Morgan fingerprint density at radius 3 is 2.53 bits per heavy atom. The lowest BCUT2D eigenvalue weighted by Crippen LogP contribution is -2.25. The standard InChI is InChI=1S/C16H22BrNO/c17-14-5-3-13(4-6-14)16(11-18-15-7-8-15)19-10-9-12-1-2-12/h3-6,12,15-16,18H,1-2,7-11H2. The molecule has 19 heavy (non-hydrogen) atoms. The Balaban J connectivity index is 1.54. The first kappa shape index (κ1) is 13.6. The summed E-state index contributed by atoms with van der Waals surface area (Å²) >= 11 is 3.49. The molecule has 1 unspecified atom stereocenters. The van der Waals surface area contributed by atoms with Crippen molar-refractivity contribution in [2.24, 2.45) is 5.92 Å². The smallest absolute Gasteiger partial charge is 0.0949 e. The number of hydrogen-bond acceptors (Lipinski definition) is 2. The van der Waals surface area contributed by atoms with Crippen molar-refractivity contribution in [3.63, 3.8) is 0 Å². The van der Waals surface area contributed by atoms with Crippen molar-refractivity contribution in [2.45, 2.75) is 44.2 Å². The molecule has 0 radical (unpaired) electrons. The third-order valence-corrected chi connectivity index (χ3v) is 4.48. The second-order valence-electron chi connectivity index (χ2n) is 5.83. The Morgan fingerprint density at radius 2 is 1.89 bits per heavy atom. The maximum atomic E-state index is 6.12. The first-order valence-corrected chi connectivity index (χ1v) is 8.21. The van der Waals surface area contributed by atoms with Crippen molar-refractivity contribution in [3.8, 4) is 0 Å². The van der Waals surface area contributed by atoms with Gasteiger partial charge in [-0.1, -0.05) is 40.9 Å². The Hall–Kier alpha value is -0.380. The van der Waals surface area contributed by atoms with Crippen LogP contribution in [0.15, 0.2) is 28.7 Å². The molecular weight excluding hydrogens is 302 g/mol. The van der Waals surface area contributed by atoms with Crippen LogP contribution in [0.25, 0.3) is 0 Å². The van der Waals surface area contributed by atoms with Crippen LogP contribution in [0, 0.1) is 5.92 Å². The van der Waals surface area contributed by atoms with Crippen LogP contribution in [0.1, 0.15) is 43.8 Å². The van der Waals surface area contributed by atoms with E-state index in [2.05, 4.69) is 45.5 Å². The molecule has 0 heterocycles. The maximum absolute atomic E-state index is 6.12. The minimum absolute atomic E-state index is 0.201. The number of hydrogen-bond donors (Lipinski definition) is 1. The van der Waals surface area contributed by atoms with Gasteiger partial charge in [-0.3, -0.25) is 0 Å². The van der Waals surface area contributed by atoms with E-state index in [0.717, 1.165) is 29.6 Å². The Kier molecular flexibility index (Phi) is 4.57. The molecule has 1 N–H and O–H groups in total. The molecule has 1 aromatic rings. The molecule has 0 aromatic heterocycles. The highest BCUT2D eigenvalue weighted by Crippen LogP contribution is 2.33. The molecule has 2 saturated carbocycles. The molecule has 3 heteroatoms. The van der Waals surface area contributed by atoms with Crippen molar-refractivity contribution < 1.29 is 4.74 Å². The van der Waals surface area contributed by atoms with E-state index in [1.54, 1.807) is 0 Å². The van der Waals surface area contributed by atoms with Crippen LogP contribution >= 0.6 is 15.9 Å². The minimum Gasteiger partial charge on any atom is -0.372 e. The van der Waals surface area contributed by atoms with Gasteiger partial charge in [0.25, 0.3) is 0 Å². The quantitative estimate of drug-likeness (QED) is 0.779. The number of ether oxygens (including phenoxy) is 1. The normalized spacial score (nSPS) is 20.5. The highest BCUT2D eigenvalue weighted by atomic mass is 79.9. The maximum Gasteiger partial charge on any atom is 0.0949 e. The predicted octanol–water partition coefficient (Wildman–Crippen LogP) is 4.06. The molecule has 2 aliphatic carbocycles. The van der Waals surface area contributed by atoms with E-state index in [1.807, 2.05) is 0 Å². The average molecular weight is 324 g/mol. The number of rotatable bonds is 8. The highest BCUT2D eigenvalue weighted by molar-refractivity contribution is 9.10. The monoisotopic (exact) mass is 323 g/mol. The lowest BCUT2D eigenvalue weighted by atomic mass is 10.1. The Bertz CT molecular complexity index is 398. The third kappa shape index (κ3) is 4.59. The largest absolute Gasteiger partial charge is 0.372 e. The van der Waals surface area contributed by atoms with Gasteiger partial charge in [0.05, 0.1) is 6.10 Å². The molecule has 2 fully saturated rings. The molecular formula is C16H22BrNO. The van der Waals surface area contributed by atoms with Gasteiger partial charge in [-0.05, 0) is 42.9 Å². The van der Waals surface area contributed by atoms with E-state index >= 15 is 0 Å². The van der Waals surface area contributed by atoms with Gasteiger partial charge in [-0.25, -0.2) is 0 Å². The summed E-state index contributed by atoms with van der Waals surface area (Å²) in [6, 6.07) is 9.28. The molecule has 1 aromatic carbocycles. The molecule has 0 spiro atoms. The van der Waals surface area contributed by atoms with Gasteiger partial charge in [0, 0.05) is 23.7 Å². The van der Waals surface area contributed by atoms with Gasteiger partial charge in [0.1, 0.15) is 0 Å². The highest BCUT2D eigenvalue weighted by Gasteiger charge is 2.24. The molecule has 0 amide bonds. The zero-order valence-electron chi connectivity index (χ0n) is 11.3. The van der Waals surface area contributed by atoms with E-state index in [9.17, 15) is 0 Å². The van der Waals surface area contributed by atoms with E-state index in [-0.39, 0.29) is 6.10 Å². The van der Waals surface area contributed by atoms with Crippen molar-refractivity contribution >= 4 is 15.9 Å². The number of benzene rings is 1. The summed E-state index contributed by atoms with van der Waals surface area (Å²) in [5, 5.41) is 3.59. The second kappa shape index (κ2) is 6.38. The van der Waals surface area contributed by atoms with Gasteiger partial charge in [-0.15, -0.1) is 0 Å².